The monoisotopic (exact) mass is 386 g/mol. The second-order valence-corrected chi connectivity index (χ2v) is 7.51. The van der Waals surface area contributed by atoms with Crippen molar-refractivity contribution in [1.29, 1.82) is 0 Å². The number of nitrogens with one attached hydrogen (secondary N) is 3. The van der Waals surface area contributed by atoms with Crippen molar-refractivity contribution in [3.8, 4) is 0 Å². The Morgan fingerprint density at radius 3 is 2.93 bits per heavy atom. The molecule has 2 unspecified atom stereocenters. The average Bonchev–Trinajstić information content (AvgIpc) is 3.03. The highest BCUT2D eigenvalue weighted by molar-refractivity contribution is 6.05. The van der Waals surface area contributed by atoms with Crippen LogP contribution in [-0.2, 0) is 27.4 Å². The van der Waals surface area contributed by atoms with Crippen molar-refractivity contribution >= 4 is 17.7 Å². The summed E-state index contributed by atoms with van der Waals surface area (Å²) in [5, 5.41) is 9.06. The number of hydrogen-bond donors (Lipinski definition) is 3. The number of imide groups is 1. The number of morpholine rings is 1. The highest BCUT2D eigenvalue weighted by Gasteiger charge is 2.39. The summed E-state index contributed by atoms with van der Waals surface area (Å²) in [5.74, 6) is -0.771. The summed E-state index contributed by atoms with van der Waals surface area (Å²) in [6, 6.07) is 5.26. The van der Waals surface area contributed by atoms with E-state index in [1.165, 1.54) is 0 Å². The summed E-state index contributed by atoms with van der Waals surface area (Å²) < 4.78 is 5.70. The van der Waals surface area contributed by atoms with Gasteiger partial charge in [-0.25, -0.2) is 0 Å². The third kappa shape index (κ3) is 3.94. The molecule has 2 saturated heterocycles. The van der Waals surface area contributed by atoms with E-state index in [1.807, 2.05) is 18.2 Å². The van der Waals surface area contributed by atoms with Crippen molar-refractivity contribution in [3.63, 3.8) is 0 Å². The van der Waals surface area contributed by atoms with Crippen molar-refractivity contribution in [3.05, 3.63) is 34.9 Å². The molecule has 28 heavy (non-hydrogen) atoms. The molecule has 4 rings (SSSR count). The Hall–Kier alpha value is -2.29. The number of nitrogens with zero attached hydrogens (tertiary/aromatic N) is 1. The highest BCUT2D eigenvalue weighted by Crippen LogP contribution is 2.29. The van der Waals surface area contributed by atoms with Gasteiger partial charge in [0.2, 0.25) is 11.8 Å². The van der Waals surface area contributed by atoms with E-state index >= 15 is 0 Å². The Balaban J connectivity index is 1.37. The second kappa shape index (κ2) is 8.38. The van der Waals surface area contributed by atoms with Crippen LogP contribution in [0, 0.1) is 0 Å². The molecule has 3 aliphatic heterocycles. The fraction of sp³-hybridized carbons (Fsp3) is 0.550. The Labute approximate surface area is 164 Å². The van der Waals surface area contributed by atoms with Crippen LogP contribution in [0.3, 0.4) is 0 Å². The maximum Gasteiger partial charge on any atom is 0.255 e. The van der Waals surface area contributed by atoms with E-state index in [0.717, 1.165) is 43.8 Å². The first-order chi connectivity index (χ1) is 13.6. The van der Waals surface area contributed by atoms with Crippen molar-refractivity contribution in [2.24, 2.45) is 0 Å². The van der Waals surface area contributed by atoms with Gasteiger partial charge in [0.1, 0.15) is 6.04 Å². The van der Waals surface area contributed by atoms with Gasteiger partial charge >= 0.3 is 0 Å². The van der Waals surface area contributed by atoms with Crippen LogP contribution < -0.4 is 16.0 Å². The minimum absolute atomic E-state index is 0.123. The van der Waals surface area contributed by atoms with Gasteiger partial charge in [-0.3, -0.25) is 19.7 Å². The molecule has 3 amide bonds. The number of amides is 3. The molecule has 8 nitrogen and oxygen atoms in total. The number of fused-ring (bicyclic) bond motifs is 1. The van der Waals surface area contributed by atoms with Crippen LogP contribution in [0.5, 0.6) is 0 Å². The fourth-order valence-corrected chi connectivity index (χ4v) is 4.13. The topological polar surface area (TPSA) is 99.8 Å². The number of piperidine rings is 1. The molecule has 2 atom stereocenters. The van der Waals surface area contributed by atoms with Gasteiger partial charge < -0.3 is 20.3 Å². The zero-order valence-electron chi connectivity index (χ0n) is 15.8. The molecule has 2 fully saturated rings. The molecule has 3 heterocycles. The smallest absolute Gasteiger partial charge is 0.255 e. The highest BCUT2D eigenvalue weighted by atomic mass is 16.5. The van der Waals surface area contributed by atoms with Gasteiger partial charge in [-0.1, -0.05) is 18.2 Å². The zero-order valence-corrected chi connectivity index (χ0v) is 15.8. The number of rotatable bonds is 6. The molecular formula is C20H26N4O4. The molecule has 0 saturated carbocycles. The lowest BCUT2D eigenvalue weighted by atomic mass is 10.0. The van der Waals surface area contributed by atoms with Crippen molar-refractivity contribution in [2.45, 2.75) is 44.5 Å². The van der Waals surface area contributed by atoms with Crippen LogP contribution in [0.15, 0.2) is 18.2 Å². The molecular weight excluding hydrogens is 360 g/mol. The summed E-state index contributed by atoms with van der Waals surface area (Å²) in [6.45, 7) is 4.35. The molecule has 0 radical (unpaired) electrons. The summed E-state index contributed by atoms with van der Waals surface area (Å²) in [7, 11) is 0. The average molecular weight is 386 g/mol. The van der Waals surface area contributed by atoms with Crippen LogP contribution >= 0.6 is 0 Å². The Morgan fingerprint density at radius 1 is 1.25 bits per heavy atom. The zero-order chi connectivity index (χ0) is 19.5. The first-order valence-electron chi connectivity index (χ1n) is 9.92. The normalized spacial score (nSPS) is 25.0. The quantitative estimate of drug-likeness (QED) is 0.467. The summed E-state index contributed by atoms with van der Waals surface area (Å²) >= 11 is 0. The summed E-state index contributed by atoms with van der Waals surface area (Å²) in [5.41, 5.74) is 2.57. The van der Waals surface area contributed by atoms with E-state index in [1.54, 1.807) is 4.90 Å². The van der Waals surface area contributed by atoms with Gasteiger partial charge in [0.25, 0.3) is 5.91 Å². The third-order valence-corrected chi connectivity index (χ3v) is 5.60. The molecule has 0 spiro atoms. The second-order valence-electron chi connectivity index (χ2n) is 7.51. The van der Waals surface area contributed by atoms with Crippen LogP contribution in [0.1, 0.15) is 40.7 Å². The Morgan fingerprint density at radius 2 is 2.14 bits per heavy atom. The van der Waals surface area contributed by atoms with E-state index in [4.69, 9.17) is 4.74 Å². The van der Waals surface area contributed by atoms with Crippen LogP contribution in [0.2, 0.25) is 0 Å². The maximum atomic E-state index is 13.0. The number of hydrogen-bond acceptors (Lipinski definition) is 6. The SMILES string of the molecule is O=C1CCC(N2Cc3cccc(CNCCC4CNCCO4)c3C2=O)C(=O)N1. The van der Waals surface area contributed by atoms with Gasteiger partial charge in [-0.15, -0.1) is 0 Å². The molecule has 0 aromatic heterocycles. The van der Waals surface area contributed by atoms with Crippen LogP contribution in [0.4, 0.5) is 0 Å². The molecule has 150 valence electrons. The Bertz CT molecular complexity index is 775. The predicted molar refractivity (Wildman–Crippen MR) is 101 cm³/mol. The Kier molecular flexibility index (Phi) is 5.70. The number of carbonyl (C=O) groups excluding carboxylic acids is 3. The van der Waals surface area contributed by atoms with Gasteiger partial charge in [0.05, 0.1) is 12.7 Å². The van der Waals surface area contributed by atoms with Crippen LogP contribution in [-0.4, -0.2) is 61.0 Å². The predicted octanol–water partition coefficient (Wildman–Crippen LogP) is -0.0843. The minimum Gasteiger partial charge on any atom is -0.376 e. The van der Waals surface area contributed by atoms with Crippen molar-refractivity contribution < 1.29 is 19.1 Å². The van der Waals surface area contributed by atoms with E-state index in [-0.39, 0.29) is 30.2 Å². The summed E-state index contributed by atoms with van der Waals surface area (Å²) in [6.07, 6.45) is 1.79. The van der Waals surface area contributed by atoms with Gasteiger partial charge in [0.15, 0.2) is 0 Å². The number of benzene rings is 1. The fourth-order valence-electron chi connectivity index (χ4n) is 4.13. The number of ether oxygens (including phenoxy) is 1. The van der Waals surface area contributed by atoms with E-state index in [0.29, 0.717) is 25.1 Å². The van der Waals surface area contributed by atoms with Crippen molar-refractivity contribution in [1.82, 2.24) is 20.9 Å². The standard InChI is InChI=1S/C20H26N4O4/c25-17-5-4-16(19(26)23-17)24-12-14-3-1-2-13(18(14)20(24)27)10-21-7-6-15-11-22-8-9-28-15/h1-3,15-16,21-22H,4-12H2,(H,23,25,26). The number of carbonyl (C=O) groups is 3. The first kappa shape index (κ1) is 19.0. The van der Waals surface area contributed by atoms with Crippen LogP contribution in [0.25, 0.3) is 0 Å². The summed E-state index contributed by atoms with van der Waals surface area (Å²) in [4.78, 5) is 38.2. The minimum atomic E-state index is -0.575. The van der Waals surface area contributed by atoms with Crippen molar-refractivity contribution in [2.75, 3.05) is 26.2 Å². The lowest BCUT2D eigenvalue weighted by molar-refractivity contribution is -0.136. The third-order valence-electron chi connectivity index (χ3n) is 5.60. The molecule has 3 N–H and O–H groups in total. The van der Waals surface area contributed by atoms with E-state index in [2.05, 4.69) is 16.0 Å². The molecule has 1 aromatic carbocycles. The molecule has 0 aliphatic carbocycles. The van der Waals surface area contributed by atoms with E-state index in [9.17, 15) is 14.4 Å². The first-order valence-corrected chi connectivity index (χ1v) is 9.92. The molecule has 3 aliphatic rings. The van der Waals surface area contributed by atoms with Gasteiger partial charge in [-0.2, -0.15) is 0 Å². The van der Waals surface area contributed by atoms with E-state index < -0.39 is 6.04 Å². The molecule has 8 heteroatoms. The largest absolute Gasteiger partial charge is 0.376 e. The van der Waals surface area contributed by atoms with Gasteiger partial charge in [-0.05, 0) is 30.5 Å². The lowest BCUT2D eigenvalue weighted by Gasteiger charge is -2.29. The molecule has 1 aromatic rings. The lowest BCUT2D eigenvalue weighted by Crippen LogP contribution is -2.52. The van der Waals surface area contributed by atoms with Gasteiger partial charge in [0, 0.05) is 38.2 Å². The molecule has 0 bridgehead atoms. The maximum absolute atomic E-state index is 13.0.